The minimum atomic E-state index is 0.0545. The highest BCUT2D eigenvalue weighted by Crippen LogP contribution is 2.22. The fraction of sp³-hybridized carbons (Fsp3) is 0.312. The van der Waals surface area contributed by atoms with Gasteiger partial charge in [-0.05, 0) is 25.1 Å². The highest BCUT2D eigenvalue weighted by atomic mass is 32.1. The van der Waals surface area contributed by atoms with E-state index in [1.54, 1.807) is 17.5 Å². The van der Waals surface area contributed by atoms with Crippen molar-refractivity contribution in [3.05, 3.63) is 47.7 Å². The number of amides is 1. The maximum atomic E-state index is 12.0. The van der Waals surface area contributed by atoms with Crippen LogP contribution in [0.1, 0.15) is 18.4 Å². The zero-order valence-electron chi connectivity index (χ0n) is 12.4. The molecular formula is C16H18N4OS. The molecule has 2 aromatic heterocycles. The molecule has 0 bridgehead atoms. The average molecular weight is 314 g/mol. The number of carbonyl (C=O) groups is 1. The molecule has 1 aromatic carbocycles. The second-order valence-corrected chi connectivity index (χ2v) is 6.39. The van der Waals surface area contributed by atoms with E-state index in [0.29, 0.717) is 19.4 Å². The average Bonchev–Trinajstić information content (AvgIpc) is 3.13. The Bertz CT molecular complexity index is 717. The van der Waals surface area contributed by atoms with Crippen molar-refractivity contribution in [2.24, 2.45) is 0 Å². The van der Waals surface area contributed by atoms with Gasteiger partial charge in [-0.25, -0.2) is 4.98 Å². The minimum Gasteiger partial charge on any atom is -0.352 e. The molecule has 1 amide bonds. The molecule has 0 radical (unpaired) electrons. The van der Waals surface area contributed by atoms with Crippen molar-refractivity contribution in [3.63, 3.8) is 0 Å². The van der Waals surface area contributed by atoms with Crippen LogP contribution in [0.3, 0.4) is 0 Å². The summed E-state index contributed by atoms with van der Waals surface area (Å²) in [6.45, 7) is 2.66. The molecule has 3 aromatic rings. The second kappa shape index (κ2) is 6.70. The van der Waals surface area contributed by atoms with Crippen molar-refractivity contribution in [1.29, 1.82) is 0 Å². The van der Waals surface area contributed by atoms with E-state index >= 15 is 0 Å². The molecule has 0 saturated heterocycles. The maximum absolute atomic E-state index is 12.0. The molecule has 3 rings (SSSR count). The first kappa shape index (κ1) is 14.7. The molecule has 1 N–H and O–H groups in total. The van der Waals surface area contributed by atoms with Gasteiger partial charge in [0.25, 0.3) is 0 Å². The van der Waals surface area contributed by atoms with Gasteiger partial charge in [0, 0.05) is 31.3 Å². The summed E-state index contributed by atoms with van der Waals surface area (Å²) in [7, 11) is 0. The molecule has 0 saturated carbocycles. The van der Waals surface area contributed by atoms with Gasteiger partial charge in [-0.15, -0.1) is 11.3 Å². The summed E-state index contributed by atoms with van der Waals surface area (Å²) in [5.74, 6) is 0.0545. The van der Waals surface area contributed by atoms with Crippen LogP contribution in [0.4, 0.5) is 0 Å². The molecule has 0 aliphatic carbocycles. The van der Waals surface area contributed by atoms with Gasteiger partial charge >= 0.3 is 0 Å². The van der Waals surface area contributed by atoms with E-state index in [1.165, 1.54) is 4.70 Å². The number of rotatable bonds is 6. The van der Waals surface area contributed by atoms with Gasteiger partial charge in [0.2, 0.25) is 5.91 Å². The van der Waals surface area contributed by atoms with E-state index in [9.17, 15) is 4.79 Å². The third-order valence-electron chi connectivity index (χ3n) is 3.33. The molecule has 22 heavy (non-hydrogen) atoms. The first-order valence-corrected chi connectivity index (χ1v) is 8.13. The van der Waals surface area contributed by atoms with Gasteiger partial charge in [0.05, 0.1) is 21.8 Å². The normalized spacial score (nSPS) is 12.4. The van der Waals surface area contributed by atoms with E-state index in [4.69, 9.17) is 0 Å². The van der Waals surface area contributed by atoms with Gasteiger partial charge < -0.3 is 5.32 Å². The number of thiazole rings is 1. The number of nitrogens with one attached hydrogen (secondary N) is 1. The lowest BCUT2D eigenvalue weighted by molar-refractivity contribution is -0.121. The van der Waals surface area contributed by atoms with Gasteiger partial charge in [-0.3, -0.25) is 9.48 Å². The standard InChI is InChI=1S/C16H18N4OS/c1-12(11-20-10-4-9-17-20)18-15(21)7-8-16-19-13-5-2-3-6-14(13)22-16/h2-6,9-10,12H,7-8,11H2,1H3,(H,18,21)/t12-/m1/s1. The fourth-order valence-corrected chi connectivity index (χ4v) is 3.30. The highest BCUT2D eigenvalue weighted by molar-refractivity contribution is 7.18. The number of hydrogen-bond acceptors (Lipinski definition) is 4. The summed E-state index contributed by atoms with van der Waals surface area (Å²) >= 11 is 1.66. The monoisotopic (exact) mass is 314 g/mol. The van der Waals surface area contributed by atoms with Crippen molar-refractivity contribution in [3.8, 4) is 0 Å². The molecule has 2 heterocycles. The van der Waals surface area contributed by atoms with E-state index in [-0.39, 0.29) is 11.9 Å². The Morgan fingerprint density at radius 2 is 2.23 bits per heavy atom. The SMILES string of the molecule is C[C@H](Cn1cccn1)NC(=O)CCc1nc2ccccc2s1. The molecule has 0 unspecified atom stereocenters. The van der Waals surface area contributed by atoms with Crippen molar-refractivity contribution >= 4 is 27.5 Å². The van der Waals surface area contributed by atoms with Gasteiger partial charge in [0.15, 0.2) is 0 Å². The van der Waals surface area contributed by atoms with Crippen molar-refractivity contribution in [2.45, 2.75) is 32.4 Å². The quantitative estimate of drug-likeness (QED) is 0.761. The molecule has 0 aliphatic heterocycles. The van der Waals surface area contributed by atoms with E-state index < -0.39 is 0 Å². The Kier molecular flexibility index (Phi) is 4.48. The third-order valence-corrected chi connectivity index (χ3v) is 4.43. The number of carbonyl (C=O) groups excluding carboxylic acids is 1. The van der Waals surface area contributed by atoms with Crippen LogP contribution in [0.15, 0.2) is 42.7 Å². The third kappa shape index (κ3) is 3.71. The van der Waals surface area contributed by atoms with Crippen molar-refractivity contribution in [1.82, 2.24) is 20.1 Å². The lowest BCUT2D eigenvalue weighted by Crippen LogP contribution is -2.35. The van der Waals surface area contributed by atoms with E-state index in [0.717, 1.165) is 10.5 Å². The topological polar surface area (TPSA) is 59.8 Å². The smallest absolute Gasteiger partial charge is 0.220 e. The summed E-state index contributed by atoms with van der Waals surface area (Å²) in [6, 6.07) is 9.98. The number of hydrogen-bond donors (Lipinski definition) is 1. The molecule has 6 heteroatoms. The summed E-state index contributed by atoms with van der Waals surface area (Å²) in [5, 5.41) is 8.15. The zero-order valence-corrected chi connectivity index (χ0v) is 13.2. The van der Waals surface area contributed by atoms with Crippen LogP contribution in [0.25, 0.3) is 10.2 Å². The number of aromatic nitrogens is 3. The number of benzene rings is 1. The molecule has 0 fully saturated rings. The molecule has 0 spiro atoms. The van der Waals surface area contributed by atoms with Gasteiger partial charge in [0.1, 0.15) is 0 Å². The maximum Gasteiger partial charge on any atom is 0.220 e. The fourth-order valence-electron chi connectivity index (χ4n) is 2.33. The highest BCUT2D eigenvalue weighted by Gasteiger charge is 2.10. The number of para-hydroxylation sites is 1. The van der Waals surface area contributed by atoms with Gasteiger partial charge in [-0.1, -0.05) is 12.1 Å². The van der Waals surface area contributed by atoms with E-state index in [2.05, 4.69) is 21.5 Å². The summed E-state index contributed by atoms with van der Waals surface area (Å²) in [5.41, 5.74) is 1.01. The van der Waals surface area contributed by atoms with Crippen LogP contribution < -0.4 is 5.32 Å². The molecule has 1 atom stereocenters. The van der Waals surface area contributed by atoms with Crippen LogP contribution in [-0.2, 0) is 17.8 Å². The Morgan fingerprint density at radius 1 is 1.36 bits per heavy atom. The largest absolute Gasteiger partial charge is 0.352 e. The zero-order chi connectivity index (χ0) is 15.4. The summed E-state index contributed by atoms with van der Waals surface area (Å²) in [6.07, 6.45) is 4.77. The van der Waals surface area contributed by atoms with Crippen LogP contribution >= 0.6 is 11.3 Å². The van der Waals surface area contributed by atoms with Crippen LogP contribution in [0.2, 0.25) is 0 Å². The lowest BCUT2D eigenvalue weighted by Gasteiger charge is -2.13. The predicted molar refractivity (Wildman–Crippen MR) is 87.8 cm³/mol. The minimum absolute atomic E-state index is 0.0545. The van der Waals surface area contributed by atoms with Crippen molar-refractivity contribution < 1.29 is 4.79 Å². The number of nitrogens with zero attached hydrogens (tertiary/aromatic N) is 3. The molecular weight excluding hydrogens is 296 g/mol. The first-order valence-electron chi connectivity index (χ1n) is 7.32. The molecule has 0 aliphatic rings. The van der Waals surface area contributed by atoms with Crippen LogP contribution in [0.5, 0.6) is 0 Å². The Morgan fingerprint density at radius 3 is 3.00 bits per heavy atom. The Balaban J connectivity index is 1.49. The summed E-state index contributed by atoms with van der Waals surface area (Å²) in [4.78, 5) is 16.6. The number of aryl methyl sites for hydroxylation is 1. The van der Waals surface area contributed by atoms with Crippen molar-refractivity contribution in [2.75, 3.05) is 0 Å². The number of fused-ring (bicyclic) bond motifs is 1. The summed E-state index contributed by atoms with van der Waals surface area (Å²) < 4.78 is 2.99. The second-order valence-electron chi connectivity index (χ2n) is 5.27. The van der Waals surface area contributed by atoms with Gasteiger partial charge in [-0.2, -0.15) is 5.10 Å². The predicted octanol–water partition coefficient (Wildman–Crippen LogP) is 2.63. The first-order chi connectivity index (χ1) is 10.7. The lowest BCUT2D eigenvalue weighted by atomic mass is 10.2. The van der Waals surface area contributed by atoms with E-state index in [1.807, 2.05) is 42.1 Å². The Hall–Kier alpha value is -2.21. The Labute approximate surface area is 133 Å². The molecule has 114 valence electrons. The molecule has 5 nitrogen and oxygen atoms in total. The van der Waals surface area contributed by atoms with Crippen LogP contribution in [-0.4, -0.2) is 26.7 Å². The van der Waals surface area contributed by atoms with Crippen LogP contribution in [0, 0.1) is 0 Å².